The molecule has 7 nitrogen and oxygen atoms in total. The summed E-state index contributed by atoms with van der Waals surface area (Å²) in [5, 5.41) is 19.1. The van der Waals surface area contributed by atoms with Gasteiger partial charge in [-0.2, -0.15) is 5.10 Å². The van der Waals surface area contributed by atoms with Crippen LogP contribution in [0.1, 0.15) is 0 Å². The van der Waals surface area contributed by atoms with Crippen molar-refractivity contribution in [3.05, 3.63) is 79.3 Å². The lowest BCUT2D eigenvalue weighted by atomic mass is 10.0. The summed E-state index contributed by atoms with van der Waals surface area (Å²) < 4.78 is 13.4. The molecule has 5 aromatic heterocycles. The Labute approximate surface area is 180 Å². The first-order valence-corrected chi connectivity index (χ1v) is 9.87. The monoisotopic (exact) mass is 422 g/mol. The van der Waals surface area contributed by atoms with Gasteiger partial charge in [-0.3, -0.25) is 20.1 Å². The summed E-state index contributed by atoms with van der Waals surface area (Å²) >= 11 is 0. The second-order valence-corrected chi connectivity index (χ2v) is 7.46. The van der Waals surface area contributed by atoms with Crippen LogP contribution in [0.25, 0.3) is 55.6 Å². The van der Waals surface area contributed by atoms with Crippen molar-refractivity contribution in [2.24, 2.45) is 0 Å². The van der Waals surface area contributed by atoms with Gasteiger partial charge in [0.1, 0.15) is 17.3 Å². The van der Waals surface area contributed by atoms with Crippen molar-refractivity contribution in [3.8, 4) is 39.5 Å². The number of aromatic nitrogens is 6. The maximum absolute atomic E-state index is 13.4. The van der Waals surface area contributed by atoms with Gasteiger partial charge in [0, 0.05) is 34.3 Å². The molecule has 0 aliphatic heterocycles. The van der Waals surface area contributed by atoms with Crippen LogP contribution in [0.4, 0.5) is 4.39 Å². The summed E-state index contributed by atoms with van der Waals surface area (Å²) in [4.78, 5) is 16.2. The lowest BCUT2D eigenvalue weighted by Gasteiger charge is -2.02. The Kier molecular flexibility index (Phi) is 3.97. The van der Waals surface area contributed by atoms with Crippen LogP contribution in [0.5, 0.6) is 5.75 Å². The van der Waals surface area contributed by atoms with Gasteiger partial charge in [0.25, 0.3) is 0 Å². The van der Waals surface area contributed by atoms with Crippen molar-refractivity contribution >= 4 is 21.8 Å². The van der Waals surface area contributed by atoms with Crippen LogP contribution in [0.15, 0.2) is 73.4 Å². The number of hydrogen-bond acceptors (Lipinski definition) is 5. The van der Waals surface area contributed by atoms with E-state index in [4.69, 9.17) is 0 Å². The fourth-order valence-corrected chi connectivity index (χ4v) is 3.89. The molecule has 6 aromatic rings. The molecule has 5 heterocycles. The van der Waals surface area contributed by atoms with Gasteiger partial charge in [-0.25, -0.2) is 4.39 Å². The van der Waals surface area contributed by atoms with E-state index in [0.29, 0.717) is 11.3 Å². The minimum atomic E-state index is -0.280. The molecular formula is C24H15FN6O. The van der Waals surface area contributed by atoms with Crippen LogP contribution in [0.2, 0.25) is 0 Å². The van der Waals surface area contributed by atoms with Crippen molar-refractivity contribution in [1.82, 2.24) is 30.1 Å². The van der Waals surface area contributed by atoms with Gasteiger partial charge in [-0.15, -0.1) is 0 Å². The second kappa shape index (κ2) is 6.98. The number of hydrogen-bond donors (Lipinski definition) is 3. The van der Waals surface area contributed by atoms with Crippen molar-refractivity contribution < 1.29 is 9.50 Å². The zero-order valence-corrected chi connectivity index (χ0v) is 16.5. The van der Waals surface area contributed by atoms with E-state index in [0.717, 1.165) is 44.3 Å². The summed E-state index contributed by atoms with van der Waals surface area (Å²) in [6.45, 7) is 0. The molecule has 0 bridgehead atoms. The van der Waals surface area contributed by atoms with Gasteiger partial charge in [-0.05, 0) is 35.9 Å². The van der Waals surface area contributed by atoms with Crippen molar-refractivity contribution in [3.63, 3.8) is 0 Å². The summed E-state index contributed by atoms with van der Waals surface area (Å²) in [6, 6.07) is 11.9. The van der Waals surface area contributed by atoms with E-state index in [1.165, 1.54) is 18.3 Å². The third kappa shape index (κ3) is 2.97. The lowest BCUT2D eigenvalue weighted by Crippen LogP contribution is -1.85. The minimum Gasteiger partial charge on any atom is -0.506 e. The van der Waals surface area contributed by atoms with Gasteiger partial charge >= 0.3 is 0 Å². The number of pyridine rings is 3. The molecule has 6 rings (SSSR count). The zero-order chi connectivity index (χ0) is 21.7. The topological polar surface area (TPSA) is 103 Å². The van der Waals surface area contributed by atoms with Crippen LogP contribution < -0.4 is 0 Å². The molecule has 0 aliphatic carbocycles. The van der Waals surface area contributed by atoms with E-state index in [2.05, 4.69) is 30.1 Å². The van der Waals surface area contributed by atoms with Crippen LogP contribution in [0, 0.1) is 5.82 Å². The molecule has 0 atom stereocenters. The highest BCUT2D eigenvalue weighted by molar-refractivity contribution is 6.01. The average molecular weight is 422 g/mol. The molecular weight excluding hydrogens is 407 g/mol. The molecule has 1 aromatic carbocycles. The molecule has 8 heteroatoms. The Morgan fingerprint density at radius 1 is 0.781 bits per heavy atom. The predicted molar refractivity (Wildman–Crippen MR) is 119 cm³/mol. The normalized spacial score (nSPS) is 11.4. The van der Waals surface area contributed by atoms with E-state index in [9.17, 15) is 9.50 Å². The van der Waals surface area contributed by atoms with Crippen molar-refractivity contribution in [2.75, 3.05) is 0 Å². The molecule has 0 aliphatic rings. The molecule has 3 N–H and O–H groups in total. The minimum absolute atomic E-state index is 0.0771. The Morgan fingerprint density at radius 2 is 1.62 bits per heavy atom. The van der Waals surface area contributed by atoms with Crippen LogP contribution in [-0.4, -0.2) is 35.2 Å². The van der Waals surface area contributed by atoms with Crippen molar-refractivity contribution in [1.29, 1.82) is 0 Å². The largest absolute Gasteiger partial charge is 0.506 e. The smallest absolute Gasteiger partial charge is 0.134 e. The molecule has 0 unspecified atom stereocenters. The standard InChI is InChI=1S/C24H15FN6O/c25-15-3-1-13(2-4-15)19-10-27-11-22-17(19)6-21(29-22)24-18-7-20(28-12-23(18)30-31-24)14-5-16(32)9-26-8-14/h1-12,29,32H,(H,30,31). The van der Waals surface area contributed by atoms with E-state index in [1.54, 1.807) is 43.0 Å². The Bertz CT molecular complexity index is 1600. The molecule has 154 valence electrons. The van der Waals surface area contributed by atoms with Crippen molar-refractivity contribution in [2.45, 2.75) is 0 Å². The zero-order valence-electron chi connectivity index (χ0n) is 16.5. The molecule has 0 radical (unpaired) electrons. The highest BCUT2D eigenvalue weighted by atomic mass is 19.1. The lowest BCUT2D eigenvalue weighted by molar-refractivity contribution is 0.473. The Hall–Kier alpha value is -4.59. The Morgan fingerprint density at radius 3 is 2.47 bits per heavy atom. The maximum atomic E-state index is 13.4. The first kappa shape index (κ1) is 18.2. The number of rotatable bonds is 3. The number of benzene rings is 1. The summed E-state index contributed by atoms with van der Waals surface area (Å²) in [6.07, 6.45) is 8.26. The van der Waals surface area contributed by atoms with E-state index in [1.807, 2.05) is 12.1 Å². The van der Waals surface area contributed by atoms with Gasteiger partial charge in [0.05, 0.1) is 41.0 Å². The fourth-order valence-electron chi connectivity index (χ4n) is 3.89. The maximum Gasteiger partial charge on any atom is 0.134 e. The average Bonchev–Trinajstić information content (AvgIpc) is 3.43. The number of nitrogens with zero attached hydrogens (tertiary/aromatic N) is 4. The van der Waals surface area contributed by atoms with Gasteiger partial charge < -0.3 is 10.1 Å². The molecule has 0 amide bonds. The van der Waals surface area contributed by atoms with Gasteiger partial charge in [-0.1, -0.05) is 12.1 Å². The second-order valence-electron chi connectivity index (χ2n) is 7.46. The molecule has 0 fully saturated rings. The number of H-pyrrole nitrogens is 2. The first-order chi connectivity index (χ1) is 15.7. The fraction of sp³-hybridized carbons (Fsp3) is 0. The summed E-state index contributed by atoms with van der Waals surface area (Å²) in [5.74, 6) is -0.203. The molecule has 0 spiro atoms. The SMILES string of the molecule is Oc1cncc(-c2cc3c(-c4cc5c(-c6ccc(F)cc6)cncc5[nH]4)n[nH]c3cn2)c1. The highest BCUT2D eigenvalue weighted by Crippen LogP contribution is 2.34. The van der Waals surface area contributed by atoms with Gasteiger partial charge in [0.15, 0.2) is 0 Å². The summed E-state index contributed by atoms with van der Waals surface area (Å²) in [7, 11) is 0. The number of nitrogens with one attached hydrogen (secondary N) is 2. The highest BCUT2D eigenvalue weighted by Gasteiger charge is 2.15. The predicted octanol–water partition coefficient (Wildman–Crippen LogP) is 5.07. The number of aromatic amines is 2. The van der Waals surface area contributed by atoms with E-state index >= 15 is 0 Å². The molecule has 32 heavy (non-hydrogen) atoms. The quantitative estimate of drug-likeness (QED) is 0.369. The third-order valence-corrected chi connectivity index (χ3v) is 5.42. The third-order valence-electron chi connectivity index (χ3n) is 5.42. The summed E-state index contributed by atoms with van der Waals surface area (Å²) in [5.41, 5.74) is 6.35. The number of fused-ring (bicyclic) bond motifs is 2. The Balaban J connectivity index is 1.50. The van der Waals surface area contributed by atoms with Crippen LogP contribution in [-0.2, 0) is 0 Å². The van der Waals surface area contributed by atoms with Crippen LogP contribution in [0.3, 0.4) is 0 Å². The first-order valence-electron chi connectivity index (χ1n) is 9.87. The number of halogens is 1. The van der Waals surface area contributed by atoms with Gasteiger partial charge in [0.2, 0.25) is 0 Å². The van der Waals surface area contributed by atoms with E-state index in [-0.39, 0.29) is 11.6 Å². The van der Waals surface area contributed by atoms with E-state index < -0.39 is 0 Å². The number of aromatic hydroxyl groups is 1. The molecule has 0 saturated heterocycles. The van der Waals surface area contributed by atoms with Crippen LogP contribution >= 0.6 is 0 Å². The molecule has 0 saturated carbocycles.